The lowest BCUT2D eigenvalue weighted by atomic mass is 10.2. The summed E-state index contributed by atoms with van der Waals surface area (Å²) < 4.78 is 5.60. The quantitative estimate of drug-likeness (QED) is 0.814. The third-order valence-corrected chi connectivity index (χ3v) is 2.95. The number of hydrogen-bond acceptors (Lipinski definition) is 4. The van der Waals surface area contributed by atoms with E-state index in [9.17, 15) is 0 Å². The highest BCUT2D eigenvalue weighted by Gasteiger charge is 2.24. The molecule has 1 saturated heterocycles. The van der Waals surface area contributed by atoms with Crippen LogP contribution >= 0.6 is 0 Å². The second kappa shape index (κ2) is 4.80. The molecule has 0 aliphatic carbocycles. The highest BCUT2D eigenvalue weighted by Crippen LogP contribution is 2.19. The van der Waals surface area contributed by atoms with Crippen LogP contribution in [0.15, 0.2) is 18.3 Å². The molecule has 4 heteroatoms. The van der Waals surface area contributed by atoms with Crippen LogP contribution in [0, 0.1) is 0 Å². The predicted octanol–water partition coefficient (Wildman–Crippen LogP) is 1.15. The molecule has 2 N–H and O–H groups in total. The van der Waals surface area contributed by atoms with E-state index in [0.717, 1.165) is 24.5 Å². The van der Waals surface area contributed by atoms with Crippen LogP contribution in [0.4, 0.5) is 5.82 Å². The van der Waals surface area contributed by atoms with Gasteiger partial charge >= 0.3 is 0 Å². The predicted molar refractivity (Wildman–Crippen MR) is 64.4 cm³/mol. The molecule has 0 radical (unpaired) electrons. The highest BCUT2D eigenvalue weighted by molar-refractivity contribution is 5.41. The number of aromatic nitrogens is 1. The van der Waals surface area contributed by atoms with Gasteiger partial charge in [0.25, 0.3) is 0 Å². The summed E-state index contributed by atoms with van der Waals surface area (Å²) in [5.41, 5.74) is 6.62. The van der Waals surface area contributed by atoms with Gasteiger partial charge in [-0.25, -0.2) is 4.98 Å². The summed E-state index contributed by atoms with van der Waals surface area (Å²) in [6.07, 6.45) is 2.12. The van der Waals surface area contributed by atoms with Gasteiger partial charge in [0.05, 0.1) is 18.8 Å². The Morgan fingerprint density at radius 3 is 2.94 bits per heavy atom. The number of hydrogen-bond donors (Lipinski definition) is 1. The van der Waals surface area contributed by atoms with Crippen LogP contribution in [-0.4, -0.2) is 30.3 Å². The Morgan fingerprint density at radius 1 is 1.50 bits per heavy atom. The van der Waals surface area contributed by atoms with Gasteiger partial charge in [-0.15, -0.1) is 0 Å². The smallest absolute Gasteiger partial charge is 0.128 e. The van der Waals surface area contributed by atoms with Crippen molar-refractivity contribution in [1.82, 2.24) is 4.98 Å². The number of ether oxygens (including phenoxy) is 1. The summed E-state index contributed by atoms with van der Waals surface area (Å²) >= 11 is 0. The standard InChI is InChI=1S/C12H19N3O/c1-9-8-16-10(2)7-15(9)12-4-3-11(5-13)6-14-12/h3-4,6,9-10H,5,7-8,13H2,1-2H3. The zero-order valence-electron chi connectivity index (χ0n) is 9.89. The van der Waals surface area contributed by atoms with Crippen molar-refractivity contribution in [1.29, 1.82) is 0 Å². The fraction of sp³-hybridized carbons (Fsp3) is 0.583. The fourth-order valence-corrected chi connectivity index (χ4v) is 1.93. The lowest BCUT2D eigenvalue weighted by molar-refractivity contribution is 0.0340. The summed E-state index contributed by atoms with van der Waals surface area (Å²) in [5, 5.41) is 0. The number of anilines is 1. The van der Waals surface area contributed by atoms with E-state index in [1.54, 1.807) is 0 Å². The number of nitrogens with two attached hydrogens (primary N) is 1. The molecule has 0 saturated carbocycles. The largest absolute Gasteiger partial charge is 0.375 e. The Morgan fingerprint density at radius 2 is 2.31 bits per heavy atom. The first kappa shape index (κ1) is 11.4. The van der Waals surface area contributed by atoms with Crippen LogP contribution < -0.4 is 10.6 Å². The van der Waals surface area contributed by atoms with Gasteiger partial charge in [0.1, 0.15) is 5.82 Å². The van der Waals surface area contributed by atoms with E-state index < -0.39 is 0 Å². The lowest BCUT2D eigenvalue weighted by Gasteiger charge is -2.37. The van der Waals surface area contributed by atoms with Crippen LogP contribution in [0.1, 0.15) is 19.4 Å². The van der Waals surface area contributed by atoms with E-state index >= 15 is 0 Å². The molecule has 16 heavy (non-hydrogen) atoms. The Hall–Kier alpha value is -1.13. The maximum absolute atomic E-state index is 5.60. The van der Waals surface area contributed by atoms with Gasteiger partial charge in [0, 0.05) is 19.3 Å². The molecule has 0 amide bonds. The van der Waals surface area contributed by atoms with E-state index in [-0.39, 0.29) is 6.10 Å². The maximum atomic E-state index is 5.60. The van der Waals surface area contributed by atoms with Crippen molar-refractivity contribution in [3.8, 4) is 0 Å². The van der Waals surface area contributed by atoms with Gasteiger partial charge in [-0.2, -0.15) is 0 Å². The van der Waals surface area contributed by atoms with Crippen molar-refractivity contribution in [2.24, 2.45) is 5.73 Å². The van der Waals surface area contributed by atoms with Crippen LogP contribution in [0.3, 0.4) is 0 Å². The van der Waals surface area contributed by atoms with Gasteiger partial charge in [0.2, 0.25) is 0 Å². The average Bonchev–Trinajstić information content (AvgIpc) is 2.32. The lowest BCUT2D eigenvalue weighted by Crippen LogP contribution is -2.47. The first-order chi connectivity index (χ1) is 7.70. The topological polar surface area (TPSA) is 51.4 Å². The zero-order valence-corrected chi connectivity index (χ0v) is 9.89. The average molecular weight is 221 g/mol. The number of morpholine rings is 1. The second-order valence-corrected chi connectivity index (χ2v) is 4.37. The summed E-state index contributed by atoms with van der Waals surface area (Å²) in [5.74, 6) is 1.01. The van der Waals surface area contributed by atoms with Crippen molar-refractivity contribution in [3.05, 3.63) is 23.9 Å². The summed E-state index contributed by atoms with van der Waals surface area (Å²) in [7, 11) is 0. The Bertz CT molecular complexity index is 339. The Labute approximate surface area is 96.4 Å². The van der Waals surface area contributed by atoms with Crippen molar-refractivity contribution in [3.63, 3.8) is 0 Å². The third-order valence-electron chi connectivity index (χ3n) is 2.95. The van der Waals surface area contributed by atoms with Crippen molar-refractivity contribution < 1.29 is 4.74 Å². The van der Waals surface area contributed by atoms with Gasteiger partial charge in [-0.3, -0.25) is 0 Å². The van der Waals surface area contributed by atoms with E-state index in [2.05, 4.69) is 23.7 Å². The molecule has 1 aromatic heterocycles. The van der Waals surface area contributed by atoms with Crippen LogP contribution in [0.25, 0.3) is 0 Å². The molecule has 2 heterocycles. The number of pyridine rings is 1. The molecule has 1 aliphatic heterocycles. The normalized spacial score (nSPS) is 25.8. The van der Waals surface area contributed by atoms with E-state index in [4.69, 9.17) is 10.5 Å². The Balaban J connectivity index is 2.15. The van der Waals surface area contributed by atoms with Crippen molar-refractivity contribution >= 4 is 5.82 Å². The third kappa shape index (κ3) is 2.33. The van der Waals surface area contributed by atoms with E-state index in [0.29, 0.717) is 12.6 Å². The zero-order chi connectivity index (χ0) is 11.5. The van der Waals surface area contributed by atoms with Gasteiger partial charge < -0.3 is 15.4 Å². The second-order valence-electron chi connectivity index (χ2n) is 4.37. The van der Waals surface area contributed by atoms with Gasteiger partial charge in [-0.1, -0.05) is 6.07 Å². The molecule has 4 nitrogen and oxygen atoms in total. The van der Waals surface area contributed by atoms with Crippen LogP contribution in [0.5, 0.6) is 0 Å². The van der Waals surface area contributed by atoms with Crippen LogP contribution in [-0.2, 0) is 11.3 Å². The highest BCUT2D eigenvalue weighted by atomic mass is 16.5. The molecule has 2 rings (SSSR count). The molecule has 2 unspecified atom stereocenters. The van der Waals surface area contributed by atoms with Gasteiger partial charge in [-0.05, 0) is 25.5 Å². The van der Waals surface area contributed by atoms with E-state index in [1.807, 2.05) is 18.3 Å². The fourth-order valence-electron chi connectivity index (χ4n) is 1.93. The number of rotatable bonds is 2. The van der Waals surface area contributed by atoms with Crippen LogP contribution in [0.2, 0.25) is 0 Å². The minimum Gasteiger partial charge on any atom is -0.375 e. The Kier molecular flexibility index (Phi) is 3.41. The van der Waals surface area contributed by atoms with Crippen molar-refractivity contribution in [2.75, 3.05) is 18.1 Å². The molecule has 88 valence electrons. The first-order valence-electron chi connectivity index (χ1n) is 5.74. The van der Waals surface area contributed by atoms with E-state index in [1.165, 1.54) is 0 Å². The minimum atomic E-state index is 0.271. The first-order valence-corrected chi connectivity index (χ1v) is 5.74. The molecule has 1 fully saturated rings. The maximum Gasteiger partial charge on any atom is 0.128 e. The molecule has 1 aromatic rings. The number of nitrogens with zero attached hydrogens (tertiary/aromatic N) is 2. The summed E-state index contributed by atoms with van der Waals surface area (Å²) in [4.78, 5) is 6.73. The summed E-state index contributed by atoms with van der Waals surface area (Å²) in [6.45, 7) is 6.46. The molecule has 2 atom stereocenters. The van der Waals surface area contributed by atoms with Gasteiger partial charge in [0.15, 0.2) is 0 Å². The SMILES string of the molecule is CC1CN(c2ccc(CN)cn2)C(C)CO1. The van der Waals surface area contributed by atoms with Crippen molar-refractivity contribution in [2.45, 2.75) is 32.5 Å². The summed E-state index contributed by atoms with van der Waals surface area (Å²) in [6, 6.07) is 4.46. The molecule has 0 spiro atoms. The minimum absolute atomic E-state index is 0.271. The monoisotopic (exact) mass is 221 g/mol. The molecule has 1 aliphatic rings. The molecule has 0 bridgehead atoms. The molecular weight excluding hydrogens is 202 g/mol. The molecule has 0 aromatic carbocycles. The molecular formula is C12H19N3O.